The molecule has 0 amide bonds. The maximum Gasteiger partial charge on any atom is 0.0404 e. The Morgan fingerprint density at radius 1 is 0.382 bits per heavy atom. The van der Waals surface area contributed by atoms with Crippen LogP contribution in [0, 0.1) is 6.92 Å². The van der Waals surface area contributed by atoms with Gasteiger partial charge in [0.15, 0.2) is 0 Å². The predicted molar refractivity (Wildman–Crippen MR) is 152 cm³/mol. The number of hydrogen-bond donors (Lipinski definition) is 0. The third kappa shape index (κ3) is 5.05. The van der Waals surface area contributed by atoms with Crippen molar-refractivity contribution in [1.82, 2.24) is 0 Å². The van der Waals surface area contributed by atoms with Gasteiger partial charge in [-0.2, -0.15) is 0 Å². The summed E-state index contributed by atoms with van der Waals surface area (Å²) in [5.41, 5.74) is 2.72. The fraction of sp³-hybridized carbons (Fsp3) is 0.0625. The van der Waals surface area contributed by atoms with E-state index < -0.39 is 15.8 Å². The number of benzene rings is 5. The summed E-state index contributed by atoms with van der Waals surface area (Å²) in [6.07, 6.45) is 0. The molecule has 0 atom stereocenters. The summed E-state index contributed by atoms with van der Waals surface area (Å²) in [7, 11) is -1.32. The monoisotopic (exact) mass is 474 g/mol. The van der Waals surface area contributed by atoms with Crippen LogP contribution in [-0.4, -0.2) is 0 Å². The lowest BCUT2D eigenvalue weighted by Gasteiger charge is -2.36. The van der Waals surface area contributed by atoms with Crippen LogP contribution in [0.1, 0.15) is 16.5 Å². The number of hydrogen-bond acceptors (Lipinski definition) is 0. The molecule has 166 valence electrons. The molecule has 0 spiro atoms. The molecule has 0 nitrogen and oxygen atoms in total. The molecule has 0 unspecified atom stereocenters. The molecule has 0 aliphatic carbocycles. The highest BCUT2D eigenvalue weighted by molar-refractivity contribution is 7.89. The molecule has 5 aromatic carbocycles. The van der Waals surface area contributed by atoms with E-state index in [-0.39, 0.29) is 0 Å². The predicted octanol–water partition coefficient (Wildman–Crippen LogP) is 7.26. The van der Waals surface area contributed by atoms with Gasteiger partial charge in [0.1, 0.15) is 0 Å². The summed E-state index contributed by atoms with van der Waals surface area (Å²) in [5, 5.41) is 6.05. The van der Waals surface area contributed by atoms with Crippen molar-refractivity contribution >= 4 is 37.1 Å². The summed E-state index contributed by atoms with van der Waals surface area (Å²) >= 11 is 0. The Bertz CT molecular complexity index is 1120. The van der Waals surface area contributed by atoms with Gasteiger partial charge in [-0.15, -0.1) is 0 Å². The maximum absolute atomic E-state index is 2.36. The Kier molecular flexibility index (Phi) is 7.31. The average Bonchev–Trinajstić information content (AvgIpc) is 2.91. The van der Waals surface area contributed by atoms with Crippen LogP contribution in [0.4, 0.5) is 0 Å². The highest BCUT2D eigenvalue weighted by Crippen LogP contribution is 2.65. The highest BCUT2D eigenvalue weighted by atomic mass is 31.2. The van der Waals surface area contributed by atoms with E-state index in [4.69, 9.17) is 0 Å². The van der Waals surface area contributed by atoms with Gasteiger partial charge < -0.3 is 0 Å². The van der Waals surface area contributed by atoms with E-state index in [1.807, 2.05) is 0 Å². The molecule has 0 radical (unpaired) electrons. The highest BCUT2D eigenvalue weighted by Gasteiger charge is 2.34. The topological polar surface area (TPSA) is 0 Å². The lowest BCUT2D eigenvalue weighted by molar-refractivity contribution is 1.32. The summed E-state index contributed by atoms with van der Waals surface area (Å²) in [6, 6.07) is 53.9. The first-order valence-electron chi connectivity index (χ1n) is 11.7. The molecular weight excluding hydrogens is 446 g/mol. The van der Waals surface area contributed by atoms with Gasteiger partial charge >= 0.3 is 0 Å². The Morgan fingerprint density at radius 3 is 0.971 bits per heavy atom. The standard InChI is InChI=1S/C32H28P2/c1-26-22-24-27(25-23-26)32(33(28-14-6-2-7-15-28)29-16-8-3-9-17-29)34(30-18-10-4-11-19-30)31-20-12-5-13-21-31/h2-25,32H,1H3. The second-order valence-corrected chi connectivity index (χ2v) is 13.4. The van der Waals surface area contributed by atoms with Crippen molar-refractivity contribution in [1.29, 1.82) is 0 Å². The molecule has 0 saturated carbocycles. The van der Waals surface area contributed by atoms with Crippen molar-refractivity contribution in [3.05, 3.63) is 157 Å². The van der Waals surface area contributed by atoms with Crippen LogP contribution in [0.25, 0.3) is 0 Å². The van der Waals surface area contributed by atoms with Gasteiger partial charge in [0.25, 0.3) is 0 Å². The van der Waals surface area contributed by atoms with Gasteiger partial charge in [-0.25, -0.2) is 0 Å². The molecule has 2 heteroatoms. The second-order valence-electron chi connectivity index (χ2n) is 8.37. The molecule has 0 aliphatic heterocycles. The van der Waals surface area contributed by atoms with Gasteiger partial charge in [0.2, 0.25) is 0 Å². The molecule has 0 aliphatic rings. The average molecular weight is 475 g/mol. The van der Waals surface area contributed by atoms with Crippen LogP contribution in [0.2, 0.25) is 0 Å². The van der Waals surface area contributed by atoms with E-state index in [2.05, 4.69) is 153 Å². The Morgan fingerprint density at radius 2 is 0.676 bits per heavy atom. The molecular formula is C32H28P2. The second kappa shape index (κ2) is 10.9. The van der Waals surface area contributed by atoms with E-state index in [1.54, 1.807) is 0 Å². The summed E-state index contributed by atoms with van der Waals surface area (Å²) < 4.78 is 0. The van der Waals surface area contributed by atoms with Crippen LogP contribution in [0.5, 0.6) is 0 Å². The van der Waals surface area contributed by atoms with Crippen LogP contribution in [-0.2, 0) is 0 Å². The van der Waals surface area contributed by atoms with E-state index in [1.165, 1.54) is 32.3 Å². The van der Waals surface area contributed by atoms with Crippen molar-refractivity contribution in [3.8, 4) is 0 Å². The van der Waals surface area contributed by atoms with Crippen molar-refractivity contribution in [3.63, 3.8) is 0 Å². The van der Waals surface area contributed by atoms with E-state index in [0.717, 1.165) is 0 Å². The zero-order chi connectivity index (χ0) is 23.2. The van der Waals surface area contributed by atoms with Crippen molar-refractivity contribution in [2.24, 2.45) is 0 Å². The van der Waals surface area contributed by atoms with Crippen molar-refractivity contribution in [2.75, 3.05) is 0 Å². The van der Waals surface area contributed by atoms with Crippen LogP contribution in [0.15, 0.2) is 146 Å². The Balaban J connectivity index is 1.79. The third-order valence-corrected chi connectivity index (χ3v) is 12.4. The number of rotatable bonds is 7. The quantitative estimate of drug-likeness (QED) is 0.218. The minimum Gasteiger partial charge on any atom is -0.0622 e. The largest absolute Gasteiger partial charge is 0.0622 e. The van der Waals surface area contributed by atoms with Gasteiger partial charge in [-0.05, 0) is 49.5 Å². The molecule has 5 rings (SSSR count). The first kappa shape index (κ1) is 22.7. The maximum atomic E-state index is 2.36. The van der Waals surface area contributed by atoms with Crippen LogP contribution >= 0.6 is 15.8 Å². The van der Waals surface area contributed by atoms with Gasteiger partial charge in [0, 0.05) is 5.40 Å². The first-order valence-corrected chi connectivity index (χ1v) is 14.5. The molecule has 0 N–H and O–H groups in total. The van der Waals surface area contributed by atoms with Gasteiger partial charge in [-0.3, -0.25) is 0 Å². The summed E-state index contributed by atoms with van der Waals surface area (Å²) in [4.78, 5) is 0. The van der Waals surface area contributed by atoms with Gasteiger partial charge in [-0.1, -0.05) is 151 Å². The fourth-order valence-corrected chi connectivity index (χ4v) is 11.5. The van der Waals surface area contributed by atoms with Crippen LogP contribution < -0.4 is 21.2 Å². The Labute approximate surface area is 205 Å². The molecule has 0 heterocycles. The zero-order valence-corrected chi connectivity index (χ0v) is 21.1. The zero-order valence-electron chi connectivity index (χ0n) is 19.3. The fourth-order valence-electron chi connectivity index (χ4n) is 4.37. The minimum atomic E-state index is -0.658. The molecule has 34 heavy (non-hydrogen) atoms. The molecule has 0 saturated heterocycles. The minimum absolute atomic E-state index is 0.347. The smallest absolute Gasteiger partial charge is 0.0404 e. The molecule has 0 aromatic heterocycles. The molecule has 0 bridgehead atoms. The van der Waals surface area contributed by atoms with Crippen LogP contribution in [0.3, 0.4) is 0 Å². The summed E-state index contributed by atoms with van der Waals surface area (Å²) in [5.74, 6) is 0. The third-order valence-electron chi connectivity index (χ3n) is 6.00. The van der Waals surface area contributed by atoms with Crippen molar-refractivity contribution in [2.45, 2.75) is 12.3 Å². The Hall–Kier alpha value is -3.04. The van der Waals surface area contributed by atoms with E-state index in [0.29, 0.717) is 5.40 Å². The van der Waals surface area contributed by atoms with E-state index in [9.17, 15) is 0 Å². The SMILES string of the molecule is Cc1ccc(C(P(c2ccccc2)c2ccccc2)P(c2ccccc2)c2ccccc2)cc1. The number of aryl methyl sites for hydroxylation is 1. The van der Waals surface area contributed by atoms with Crippen molar-refractivity contribution < 1.29 is 0 Å². The first-order chi connectivity index (χ1) is 16.8. The normalized spacial score (nSPS) is 11.3. The molecule has 5 aromatic rings. The summed E-state index contributed by atoms with van der Waals surface area (Å²) in [6.45, 7) is 2.17. The van der Waals surface area contributed by atoms with Gasteiger partial charge in [0.05, 0.1) is 0 Å². The van der Waals surface area contributed by atoms with E-state index >= 15 is 0 Å². The molecule has 0 fully saturated rings. The lowest BCUT2D eigenvalue weighted by atomic mass is 10.2. The lowest BCUT2D eigenvalue weighted by Crippen LogP contribution is -2.23.